The molecule has 3 rings (SSSR count). The number of anilines is 1. The van der Waals surface area contributed by atoms with Crippen LogP contribution in [0.15, 0.2) is 30.3 Å². The first-order chi connectivity index (χ1) is 7.74. The number of hydrogen-bond acceptors (Lipinski definition) is 2. The Morgan fingerprint density at radius 1 is 1.31 bits per heavy atom. The van der Waals surface area contributed by atoms with Crippen molar-refractivity contribution in [1.82, 2.24) is 9.78 Å². The standard InChI is InChI=1S/C13H15N3/c1-9-3-2-4-11(7-9)16-13(14)8-12(15-16)10-5-6-10/h2-4,7-8,10H,5-6,14H2,1H3. The number of benzene rings is 1. The molecule has 0 atom stereocenters. The van der Waals surface area contributed by atoms with E-state index in [0.717, 1.165) is 17.2 Å². The highest BCUT2D eigenvalue weighted by atomic mass is 15.3. The second-order valence-electron chi connectivity index (χ2n) is 4.52. The van der Waals surface area contributed by atoms with Crippen molar-refractivity contribution in [3.63, 3.8) is 0 Å². The van der Waals surface area contributed by atoms with E-state index in [2.05, 4.69) is 24.2 Å². The van der Waals surface area contributed by atoms with Crippen LogP contribution in [0.5, 0.6) is 0 Å². The lowest BCUT2D eigenvalue weighted by atomic mass is 10.2. The minimum absolute atomic E-state index is 0.647. The highest BCUT2D eigenvalue weighted by molar-refractivity contribution is 5.45. The second kappa shape index (κ2) is 3.37. The molecule has 0 unspecified atom stereocenters. The first kappa shape index (κ1) is 9.46. The first-order valence-corrected chi connectivity index (χ1v) is 5.66. The van der Waals surface area contributed by atoms with Crippen LogP contribution in [0.4, 0.5) is 5.82 Å². The van der Waals surface area contributed by atoms with Crippen molar-refractivity contribution in [3.05, 3.63) is 41.6 Å². The Labute approximate surface area is 94.9 Å². The minimum atomic E-state index is 0.647. The normalized spacial score (nSPS) is 15.3. The van der Waals surface area contributed by atoms with Crippen LogP contribution in [-0.2, 0) is 0 Å². The summed E-state index contributed by atoms with van der Waals surface area (Å²) in [7, 11) is 0. The zero-order chi connectivity index (χ0) is 11.1. The Morgan fingerprint density at radius 2 is 2.12 bits per heavy atom. The average molecular weight is 213 g/mol. The van der Waals surface area contributed by atoms with E-state index >= 15 is 0 Å². The predicted molar refractivity (Wildman–Crippen MR) is 64.7 cm³/mol. The van der Waals surface area contributed by atoms with E-state index in [-0.39, 0.29) is 0 Å². The SMILES string of the molecule is Cc1cccc(-n2nc(C3CC3)cc2N)c1. The van der Waals surface area contributed by atoms with Gasteiger partial charge in [0.25, 0.3) is 0 Å². The monoisotopic (exact) mass is 213 g/mol. The number of aryl methyl sites for hydroxylation is 1. The van der Waals surface area contributed by atoms with Gasteiger partial charge >= 0.3 is 0 Å². The molecule has 3 heteroatoms. The van der Waals surface area contributed by atoms with Gasteiger partial charge in [-0.15, -0.1) is 0 Å². The zero-order valence-electron chi connectivity index (χ0n) is 9.35. The Kier molecular flexibility index (Phi) is 1.99. The molecule has 0 saturated heterocycles. The number of aromatic nitrogens is 2. The fourth-order valence-electron chi connectivity index (χ4n) is 1.96. The molecular formula is C13H15N3. The Hall–Kier alpha value is -1.77. The second-order valence-corrected chi connectivity index (χ2v) is 4.52. The summed E-state index contributed by atoms with van der Waals surface area (Å²) in [5, 5.41) is 4.57. The molecule has 0 amide bonds. The molecule has 1 heterocycles. The van der Waals surface area contributed by atoms with Gasteiger partial charge in [0.1, 0.15) is 5.82 Å². The van der Waals surface area contributed by atoms with E-state index < -0.39 is 0 Å². The van der Waals surface area contributed by atoms with Crippen molar-refractivity contribution >= 4 is 5.82 Å². The van der Waals surface area contributed by atoms with Gasteiger partial charge in [-0.3, -0.25) is 0 Å². The third-order valence-electron chi connectivity index (χ3n) is 3.00. The highest BCUT2D eigenvalue weighted by Crippen LogP contribution is 2.40. The Morgan fingerprint density at radius 3 is 2.81 bits per heavy atom. The molecule has 0 bridgehead atoms. The van der Waals surface area contributed by atoms with Gasteiger partial charge in [0.2, 0.25) is 0 Å². The number of nitrogen functional groups attached to an aromatic ring is 1. The number of nitrogens with two attached hydrogens (primary N) is 1. The summed E-state index contributed by atoms with van der Waals surface area (Å²) in [6.07, 6.45) is 2.51. The van der Waals surface area contributed by atoms with E-state index in [1.807, 2.05) is 22.9 Å². The fourth-order valence-corrected chi connectivity index (χ4v) is 1.96. The van der Waals surface area contributed by atoms with Crippen LogP contribution in [0, 0.1) is 6.92 Å². The van der Waals surface area contributed by atoms with Gasteiger partial charge in [0.05, 0.1) is 11.4 Å². The summed E-state index contributed by atoms with van der Waals surface area (Å²) in [4.78, 5) is 0. The molecule has 0 aliphatic heterocycles. The molecule has 1 aliphatic rings. The Bertz CT molecular complexity index is 524. The summed E-state index contributed by atoms with van der Waals surface area (Å²) in [6, 6.07) is 10.2. The van der Waals surface area contributed by atoms with Crippen molar-refractivity contribution in [3.8, 4) is 5.69 Å². The lowest BCUT2D eigenvalue weighted by Gasteiger charge is -2.04. The van der Waals surface area contributed by atoms with Crippen LogP contribution in [0.25, 0.3) is 5.69 Å². The smallest absolute Gasteiger partial charge is 0.127 e. The molecule has 0 radical (unpaired) electrons. The van der Waals surface area contributed by atoms with Crippen LogP contribution in [-0.4, -0.2) is 9.78 Å². The molecule has 1 saturated carbocycles. The molecular weight excluding hydrogens is 198 g/mol. The van der Waals surface area contributed by atoms with Crippen LogP contribution >= 0.6 is 0 Å². The molecule has 1 fully saturated rings. The van der Waals surface area contributed by atoms with Gasteiger partial charge in [0, 0.05) is 12.0 Å². The summed E-state index contributed by atoms with van der Waals surface area (Å²) in [5.74, 6) is 1.38. The van der Waals surface area contributed by atoms with Crippen LogP contribution in [0.1, 0.15) is 30.0 Å². The topological polar surface area (TPSA) is 43.8 Å². The highest BCUT2D eigenvalue weighted by Gasteiger charge is 2.27. The molecule has 0 spiro atoms. The maximum absolute atomic E-state index is 5.99. The largest absolute Gasteiger partial charge is 0.384 e. The summed E-state index contributed by atoms with van der Waals surface area (Å²) < 4.78 is 1.83. The molecule has 3 nitrogen and oxygen atoms in total. The van der Waals surface area contributed by atoms with Crippen LogP contribution < -0.4 is 5.73 Å². The lowest BCUT2D eigenvalue weighted by Crippen LogP contribution is -2.01. The summed E-state index contributed by atoms with van der Waals surface area (Å²) in [5.41, 5.74) is 9.40. The van der Waals surface area contributed by atoms with Gasteiger partial charge in [-0.05, 0) is 37.5 Å². The molecule has 1 aromatic heterocycles. The van der Waals surface area contributed by atoms with Crippen molar-refractivity contribution < 1.29 is 0 Å². The predicted octanol–water partition coefficient (Wildman–Crippen LogP) is 2.64. The molecule has 16 heavy (non-hydrogen) atoms. The first-order valence-electron chi connectivity index (χ1n) is 5.66. The van der Waals surface area contributed by atoms with Gasteiger partial charge in [-0.2, -0.15) is 5.10 Å². The quantitative estimate of drug-likeness (QED) is 0.833. The van der Waals surface area contributed by atoms with E-state index in [1.54, 1.807) is 0 Å². The van der Waals surface area contributed by atoms with Crippen LogP contribution in [0.3, 0.4) is 0 Å². The molecule has 1 aromatic carbocycles. The van der Waals surface area contributed by atoms with Crippen LogP contribution in [0.2, 0.25) is 0 Å². The lowest BCUT2D eigenvalue weighted by molar-refractivity contribution is 0.844. The van der Waals surface area contributed by atoms with E-state index in [9.17, 15) is 0 Å². The van der Waals surface area contributed by atoms with Crippen molar-refractivity contribution in [2.45, 2.75) is 25.7 Å². The van der Waals surface area contributed by atoms with Gasteiger partial charge in [0.15, 0.2) is 0 Å². The third-order valence-corrected chi connectivity index (χ3v) is 3.00. The maximum Gasteiger partial charge on any atom is 0.127 e. The number of nitrogens with zero attached hydrogens (tertiary/aromatic N) is 2. The van der Waals surface area contributed by atoms with E-state index in [0.29, 0.717) is 5.92 Å². The minimum Gasteiger partial charge on any atom is -0.384 e. The number of rotatable bonds is 2. The number of hydrogen-bond donors (Lipinski definition) is 1. The summed E-state index contributed by atoms with van der Waals surface area (Å²) >= 11 is 0. The van der Waals surface area contributed by atoms with Gasteiger partial charge in [-0.25, -0.2) is 4.68 Å². The molecule has 2 aromatic rings. The van der Waals surface area contributed by atoms with E-state index in [1.165, 1.54) is 18.4 Å². The average Bonchev–Trinajstić information content (AvgIpc) is 3.02. The van der Waals surface area contributed by atoms with Crippen molar-refractivity contribution in [1.29, 1.82) is 0 Å². The van der Waals surface area contributed by atoms with Gasteiger partial charge in [-0.1, -0.05) is 12.1 Å². The molecule has 2 N–H and O–H groups in total. The maximum atomic E-state index is 5.99. The van der Waals surface area contributed by atoms with Crippen molar-refractivity contribution in [2.75, 3.05) is 5.73 Å². The Balaban J connectivity index is 2.04. The molecule has 1 aliphatic carbocycles. The fraction of sp³-hybridized carbons (Fsp3) is 0.308. The molecule has 82 valence electrons. The van der Waals surface area contributed by atoms with Crippen molar-refractivity contribution in [2.24, 2.45) is 0 Å². The van der Waals surface area contributed by atoms with Gasteiger partial charge < -0.3 is 5.73 Å². The third kappa shape index (κ3) is 1.58. The zero-order valence-corrected chi connectivity index (χ0v) is 9.35. The summed E-state index contributed by atoms with van der Waals surface area (Å²) in [6.45, 7) is 2.07. The van der Waals surface area contributed by atoms with E-state index in [4.69, 9.17) is 5.73 Å².